The zero-order valence-electron chi connectivity index (χ0n) is 11.0. The van der Waals surface area contributed by atoms with E-state index < -0.39 is 0 Å². The van der Waals surface area contributed by atoms with Crippen molar-refractivity contribution in [3.63, 3.8) is 0 Å². The number of carbonyl (C=O) groups excluding carboxylic acids is 1. The van der Waals surface area contributed by atoms with Crippen molar-refractivity contribution in [1.82, 2.24) is 4.90 Å². The zero-order chi connectivity index (χ0) is 13.1. The van der Waals surface area contributed by atoms with Crippen LogP contribution in [-0.2, 0) is 0 Å². The Morgan fingerprint density at radius 3 is 2.67 bits per heavy atom. The highest BCUT2D eigenvalue weighted by Gasteiger charge is 2.22. The summed E-state index contributed by atoms with van der Waals surface area (Å²) in [5.41, 5.74) is 7.95. The SMILES string of the molecule is Cc1cccc(OC(=O)N2CCC(N)CC2)c1C. The van der Waals surface area contributed by atoms with Gasteiger partial charge in [0.25, 0.3) is 0 Å². The van der Waals surface area contributed by atoms with Crippen LogP contribution in [0.25, 0.3) is 0 Å². The topological polar surface area (TPSA) is 55.6 Å². The molecule has 1 amide bonds. The van der Waals surface area contributed by atoms with Crippen molar-refractivity contribution in [1.29, 1.82) is 0 Å². The Balaban J connectivity index is 2.01. The number of amides is 1. The van der Waals surface area contributed by atoms with Gasteiger partial charge < -0.3 is 15.4 Å². The summed E-state index contributed by atoms with van der Waals surface area (Å²) in [5, 5.41) is 0. The molecule has 0 aliphatic carbocycles. The number of nitrogens with two attached hydrogens (primary N) is 1. The van der Waals surface area contributed by atoms with Gasteiger partial charge in [-0.05, 0) is 43.9 Å². The lowest BCUT2D eigenvalue weighted by Crippen LogP contribution is -2.44. The number of hydrogen-bond acceptors (Lipinski definition) is 3. The summed E-state index contributed by atoms with van der Waals surface area (Å²) in [5.74, 6) is 0.648. The molecular weight excluding hydrogens is 228 g/mol. The molecule has 2 N–H and O–H groups in total. The number of rotatable bonds is 1. The van der Waals surface area contributed by atoms with E-state index in [1.165, 1.54) is 0 Å². The van der Waals surface area contributed by atoms with Crippen molar-refractivity contribution in [2.75, 3.05) is 13.1 Å². The maximum absolute atomic E-state index is 12.0. The quantitative estimate of drug-likeness (QED) is 0.829. The van der Waals surface area contributed by atoms with E-state index in [1.807, 2.05) is 32.0 Å². The molecule has 18 heavy (non-hydrogen) atoms. The van der Waals surface area contributed by atoms with Crippen LogP contribution >= 0.6 is 0 Å². The summed E-state index contributed by atoms with van der Waals surface area (Å²) in [6, 6.07) is 5.95. The summed E-state index contributed by atoms with van der Waals surface area (Å²) in [6.07, 6.45) is 1.43. The first-order valence-corrected chi connectivity index (χ1v) is 6.36. The van der Waals surface area contributed by atoms with Crippen molar-refractivity contribution in [2.24, 2.45) is 5.73 Å². The molecule has 1 fully saturated rings. The monoisotopic (exact) mass is 248 g/mol. The van der Waals surface area contributed by atoms with Crippen molar-refractivity contribution >= 4 is 6.09 Å². The van der Waals surface area contributed by atoms with Gasteiger partial charge in [-0.3, -0.25) is 0 Å². The van der Waals surface area contributed by atoms with Gasteiger partial charge in [0, 0.05) is 19.1 Å². The Hall–Kier alpha value is -1.55. The van der Waals surface area contributed by atoms with Crippen LogP contribution in [0.5, 0.6) is 5.75 Å². The maximum Gasteiger partial charge on any atom is 0.415 e. The van der Waals surface area contributed by atoms with E-state index in [0.717, 1.165) is 24.0 Å². The number of ether oxygens (including phenoxy) is 1. The Kier molecular flexibility index (Phi) is 3.87. The van der Waals surface area contributed by atoms with E-state index in [4.69, 9.17) is 10.5 Å². The predicted octanol–water partition coefficient (Wildman–Crippen LogP) is 2.23. The van der Waals surface area contributed by atoms with E-state index in [1.54, 1.807) is 4.90 Å². The molecule has 4 nitrogen and oxygen atoms in total. The minimum atomic E-state index is -0.268. The molecule has 4 heteroatoms. The first kappa shape index (κ1) is 12.9. The minimum absolute atomic E-state index is 0.217. The van der Waals surface area contributed by atoms with Crippen LogP contribution in [0.3, 0.4) is 0 Å². The largest absolute Gasteiger partial charge is 0.415 e. The lowest BCUT2D eigenvalue weighted by molar-refractivity contribution is 0.139. The van der Waals surface area contributed by atoms with Gasteiger partial charge >= 0.3 is 6.09 Å². The number of nitrogens with zero attached hydrogens (tertiary/aromatic N) is 1. The molecule has 0 saturated carbocycles. The van der Waals surface area contributed by atoms with Crippen LogP contribution in [0.1, 0.15) is 24.0 Å². The first-order chi connectivity index (χ1) is 8.58. The van der Waals surface area contributed by atoms with Gasteiger partial charge in [-0.1, -0.05) is 12.1 Å². The number of piperidine rings is 1. The molecule has 0 radical (unpaired) electrons. The minimum Gasteiger partial charge on any atom is -0.410 e. The number of benzene rings is 1. The second-order valence-electron chi connectivity index (χ2n) is 4.89. The lowest BCUT2D eigenvalue weighted by Gasteiger charge is -2.29. The molecule has 1 heterocycles. The van der Waals surface area contributed by atoms with Crippen LogP contribution in [0.4, 0.5) is 4.79 Å². The summed E-state index contributed by atoms with van der Waals surface area (Å²) in [6.45, 7) is 5.34. The molecule has 1 aromatic rings. The lowest BCUT2D eigenvalue weighted by atomic mass is 10.1. The van der Waals surface area contributed by atoms with Crippen LogP contribution < -0.4 is 10.5 Å². The average molecular weight is 248 g/mol. The van der Waals surface area contributed by atoms with E-state index >= 15 is 0 Å². The molecule has 0 atom stereocenters. The second kappa shape index (κ2) is 5.40. The highest BCUT2D eigenvalue weighted by atomic mass is 16.6. The average Bonchev–Trinajstić information content (AvgIpc) is 2.36. The molecular formula is C14H20N2O2. The fourth-order valence-electron chi connectivity index (χ4n) is 2.08. The third-order valence-electron chi connectivity index (χ3n) is 3.55. The third-order valence-corrected chi connectivity index (χ3v) is 3.55. The summed E-state index contributed by atoms with van der Waals surface area (Å²) in [4.78, 5) is 13.7. The van der Waals surface area contributed by atoms with Crippen LogP contribution in [0.2, 0.25) is 0 Å². The molecule has 98 valence electrons. The zero-order valence-corrected chi connectivity index (χ0v) is 11.0. The number of hydrogen-bond donors (Lipinski definition) is 1. The fourth-order valence-corrected chi connectivity index (χ4v) is 2.08. The van der Waals surface area contributed by atoms with Gasteiger partial charge in [-0.2, -0.15) is 0 Å². The molecule has 1 saturated heterocycles. The van der Waals surface area contributed by atoms with Crippen molar-refractivity contribution in [3.05, 3.63) is 29.3 Å². The Morgan fingerprint density at radius 1 is 1.33 bits per heavy atom. The van der Waals surface area contributed by atoms with Gasteiger partial charge in [0.2, 0.25) is 0 Å². The standard InChI is InChI=1S/C14H20N2O2/c1-10-4-3-5-13(11(10)2)18-14(17)16-8-6-12(15)7-9-16/h3-5,12H,6-9,15H2,1-2H3. The summed E-state index contributed by atoms with van der Waals surface area (Å²) < 4.78 is 5.45. The second-order valence-corrected chi connectivity index (χ2v) is 4.89. The Morgan fingerprint density at radius 2 is 2.00 bits per heavy atom. The molecule has 1 aliphatic rings. The van der Waals surface area contributed by atoms with Crippen molar-refractivity contribution < 1.29 is 9.53 Å². The van der Waals surface area contributed by atoms with E-state index in [9.17, 15) is 4.79 Å². The Labute approximate surface area is 108 Å². The summed E-state index contributed by atoms with van der Waals surface area (Å²) >= 11 is 0. The molecule has 0 bridgehead atoms. The van der Waals surface area contributed by atoms with Crippen molar-refractivity contribution in [3.8, 4) is 5.75 Å². The number of likely N-dealkylation sites (tertiary alicyclic amines) is 1. The fraction of sp³-hybridized carbons (Fsp3) is 0.500. The van der Waals surface area contributed by atoms with Gasteiger partial charge in [0.1, 0.15) is 5.75 Å². The molecule has 2 rings (SSSR count). The van der Waals surface area contributed by atoms with E-state index in [0.29, 0.717) is 18.8 Å². The molecule has 1 aliphatic heterocycles. The molecule has 0 aromatic heterocycles. The highest BCUT2D eigenvalue weighted by molar-refractivity contribution is 5.71. The van der Waals surface area contributed by atoms with E-state index in [-0.39, 0.29) is 12.1 Å². The number of carbonyl (C=O) groups is 1. The van der Waals surface area contributed by atoms with Gasteiger partial charge in [-0.25, -0.2) is 4.79 Å². The molecule has 0 spiro atoms. The highest BCUT2D eigenvalue weighted by Crippen LogP contribution is 2.22. The van der Waals surface area contributed by atoms with Crippen molar-refractivity contribution in [2.45, 2.75) is 32.7 Å². The third kappa shape index (κ3) is 2.82. The molecule has 1 aromatic carbocycles. The normalized spacial score (nSPS) is 16.7. The number of aryl methyl sites for hydroxylation is 1. The van der Waals surface area contributed by atoms with Crippen LogP contribution in [0, 0.1) is 13.8 Å². The van der Waals surface area contributed by atoms with E-state index in [2.05, 4.69) is 0 Å². The Bertz CT molecular complexity index is 437. The smallest absolute Gasteiger partial charge is 0.410 e. The molecule has 0 unspecified atom stereocenters. The van der Waals surface area contributed by atoms with Gasteiger partial charge in [0.15, 0.2) is 0 Å². The maximum atomic E-state index is 12.0. The van der Waals surface area contributed by atoms with Crippen LogP contribution in [-0.4, -0.2) is 30.1 Å². The van der Waals surface area contributed by atoms with Gasteiger partial charge in [-0.15, -0.1) is 0 Å². The van der Waals surface area contributed by atoms with Crippen LogP contribution in [0.15, 0.2) is 18.2 Å². The first-order valence-electron chi connectivity index (χ1n) is 6.36. The summed E-state index contributed by atoms with van der Waals surface area (Å²) in [7, 11) is 0. The van der Waals surface area contributed by atoms with Gasteiger partial charge in [0.05, 0.1) is 0 Å². The predicted molar refractivity (Wildman–Crippen MR) is 70.7 cm³/mol.